The van der Waals surface area contributed by atoms with Crippen molar-refractivity contribution in [1.82, 2.24) is 4.98 Å². The fraction of sp³-hybridized carbons (Fsp3) is 0.190. The molecule has 0 atom stereocenters. The second-order valence-corrected chi connectivity index (χ2v) is 6.92. The van der Waals surface area contributed by atoms with Gasteiger partial charge in [-0.05, 0) is 19.1 Å². The van der Waals surface area contributed by atoms with Crippen molar-refractivity contribution in [2.24, 2.45) is 0 Å². The maximum Gasteiger partial charge on any atom is 0.346 e. The van der Waals surface area contributed by atoms with Crippen molar-refractivity contribution in [1.29, 1.82) is 0 Å². The molecule has 1 heterocycles. The molecule has 0 saturated heterocycles. The number of aryl methyl sites for hydroxylation is 1. The Morgan fingerprint density at radius 2 is 1.69 bits per heavy atom. The summed E-state index contributed by atoms with van der Waals surface area (Å²) in [5, 5.41) is 4.92. The van der Waals surface area contributed by atoms with E-state index in [1.54, 1.807) is 18.2 Å². The van der Waals surface area contributed by atoms with Crippen LogP contribution in [0.4, 0.5) is 5.13 Å². The van der Waals surface area contributed by atoms with E-state index in [-0.39, 0.29) is 5.56 Å². The summed E-state index contributed by atoms with van der Waals surface area (Å²) in [6.45, 7) is 1.55. The van der Waals surface area contributed by atoms with Gasteiger partial charge in [-0.25, -0.2) is 9.78 Å². The number of thiazole rings is 1. The smallest absolute Gasteiger partial charge is 0.346 e. The van der Waals surface area contributed by atoms with Crippen LogP contribution in [0.15, 0.2) is 47.8 Å². The SMILES string of the molecule is COc1cccc(OC)c1C(=O)OCC(=O)Nc1nc(-c2ccc(C)cc2)cs1. The fourth-order valence-electron chi connectivity index (χ4n) is 2.60. The van der Waals surface area contributed by atoms with E-state index in [9.17, 15) is 9.59 Å². The third-order valence-corrected chi connectivity index (χ3v) is 4.82. The van der Waals surface area contributed by atoms with Gasteiger partial charge in [0.2, 0.25) is 0 Å². The topological polar surface area (TPSA) is 86.8 Å². The normalized spacial score (nSPS) is 10.3. The van der Waals surface area contributed by atoms with Gasteiger partial charge in [0.05, 0.1) is 19.9 Å². The quantitative estimate of drug-likeness (QED) is 0.592. The number of esters is 1. The van der Waals surface area contributed by atoms with Crippen LogP contribution >= 0.6 is 11.3 Å². The number of hydrogen-bond donors (Lipinski definition) is 1. The van der Waals surface area contributed by atoms with Gasteiger partial charge >= 0.3 is 5.97 Å². The number of carbonyl (C=O) groups excluding carboxylic acids is 2. The van der Waals surface area contributed by atoms with E-state index in [1.807, 2.05) is 36.6 Å². The number of methoxy groups -OCH3 is 2. The van der Waals surface area contributed by atoms with Crippen LogP contribution in [0.3, 0.4) is 0 Å². The monoisotopic (exact) mass is 412 g/mol. The molecule has 2 aromatic carbocycles. The number of carbonyl (C=O) groups is 2. The molecule has 7 nitrogen and oxygen atoms in total. The molecular weight excluding hydrogens is 392 g/mol. The van der Waals surface area contributed by atoms with Gasteiger partial charge in [0.25, 0.3) is 5.91 Å². The largest absolute Gasteiger partial charge is 0.496 e. The molecule has 0 aliphatic rings. The lowest BCUT2D eigenvalue weighted by Crippen LogP contribution is -2.21. The highest BCUT2D eigenvalue weighted by molar-refractivity contribution is 7.14. The van der Waals surface area contributed by atoms with Crippen molar-refractivity contribution in [3.63, 3.8) is 0 Å². The van der Waals surface area contributed by atoms with Crippen LogP contribution in [-0.2, 0) is 9.53 Å². The van der Waals surface area contributed by atoms with E-state index in [0.29, 0.717) is 16.6 Å². The molecule has 0 radical (unpaired) electrons. The molecule has 0 bridgehead atoms. The molecule has 0 fully saturated rings. The zero-order valence-electron chi connectivity index (χ0n) is 16.2. The number of benzene rings is 2. The van der Waals surface area contributed by atoms with Crippen molar-refractivity contribution < 1.29 is 23.8 Å². The Hall–Kier alpha value is -3.39. The number of ether oxygens (including phenoxy) is 3. The van der Waals surface area contributed by atoms with E-state index in [4.69, 9.17) is 14.2 Å². The Kier molecular flexibility index (Phi) is 6.46. The van der Waals surface area contributed by atoms with Gasteiger partial charge in [0.1, 0.15) is 17.1 Å². The molecule has 3 aromatic rings. The molecule has 0 saturated carbocycles. The maximum absolute atomic E-state index is 12.4. The van der Waals surface area contributed by atoms with Crippen LogP contribution in [0.1, 0.15) is 15.9 Å². The summed E-state index contributed by atoms with van der Waals surface area (Å²) in [6.07, 6.45) is 0. The molecular formula is C21H20N2O5S. The van der Waals surface area contributed by atoms with E-state index in [1.165, 1.54) is 25.6 Å². The predicted octanol–water partition coefficient (Wildman–Crippen LogP) is 3.93. The Balaban J connectivity index is 1.61. The Bertz CT molecular complexity index is 992. The molecule has 3 rings (SSSR count). The highest BCUT2D eigenvalue weighted by Gasteiger charge is 2.21. The van der Waals surface area contributed by atoms with Crippen molar-refractivity contribution in [2.75, 3.05) is 26.1 Å². The molecule has 150 valence electrons. The summed E-state index contributed by atoms with van der Waals surface area (Å²) in [5.41, 5.74) is 3.01. The van der Waals surface area contributed by atoms with Gasteiger partial charge in [0.15, 0.2) is 11.7 Å². The number of anilines is 1. The summed E-state index contributed by atoms with van der Waals surface area (Å²) in [5.74, 6) is -0.596. The van der Waals surface area contributed by atoms with Crippen molar-refractivity contribution in [3.05, 3.63) is 59.0 Å². The molecule has 0 unspecified atom stereocenters. The van der Waals surface area contributed by atoms with Gasteiger partial charge in [-0.15, -0.1) is 11.3 Å². The number of aromatic nitrogens is 1. The van der Waals surface area contributed by atoms with E-state index >= 15 is 0 Å². The van der Waals surface area contributed by atoms with Crippen molar-refractivity contribution in [3.8, 4) is 22.8 Å². The van der Waals surface area contributed by atoms with E-state index < -0.39 is 18.5 Å². The van der Waals surface area contributed by atoms with E-state index in [0.717, 1.165) is 16.8 Å². The number of nitrogens with zero attached hydrogens (tertiary/aromatic N) is 1. The summed E-state index contributed by atoms with van der Waals surface area (Å²) in [6, 6.07) is 12.9. The average Bonchev–Trinajstić information content (AvgIpc) is 3.20. The number of nitrogens with one attached hydrogen (secondary N) is 1. The highest BCUT2D eigenvalue weighted by atomic mass is 32.1. The molecule has 0 spiro atoms. The first-order valence-corrected chi connectivity index (χ1v) is 9.60. The zero-order chi connectivity index (χ0) is 20.8. The average molecular weight is 412 g/mol. The Morgan fingerprint density at radius 3 is 2.31 bits per heavy atom. The van der Waals surface area contributed by atoms with Gasteiger partial charge in [-0.1, -0.05) is 35.9 Å². The van der Waals surface area contributed by atoms with Gasteiger partial charge < -0.3 is 14.2 Å². The molecule has 1 N–H and O–H groups in total. The van der Waals surface area contributed by atoms with Gasteiger partial charge in [0, 0.05) is 10.9 Å². The first-order chi connectivity index (χ1) is 14.0. The lowest BCUT2D eigenvalue weighted by Gasteiger charge is -2.12. The van der Waals surface area contributed by atoms with Crippen LogP contribution in [0, 0.1) is 6.92 Å². The van der Waals surface area contributed by atoms with Crippen LogP contribution in [0.25, 0.3) is 11.3 Å². The minimum absolute atomic E-state index is 0.126. The van der Waals surface area contributed by atoms with Crippen LogP contribution in [-0.4, -0.2) is 37.7 Å². The standard InChI is InChI=1S/C21H20N2O5S/c1-13-7-9-14(10-8-13)15-12-29-21(22-15)23-18(24)11-28-20(25)19-16(26-2)5-4-6-17(19)27-3/h4-10,12H,11H2,1-3H3,(H,22,23,24). The van der Waals surface area contributed by atoms with Crippen molar-refractivity contribution in [2.45, 2.75) is 6.92 Å². The van der Waals surface area contributed by atoms with Gasteiger partial charge in [-0.2, -0.15) is 0 Å². The lowest BCUT2D eigenvalue weighted by molar-refractivity contribution is -0.119. The van der Waals surface area contributed by atoms with Crippen LogP contribution in [0.2, 0.25) is 0 Å². The first-order valence-electron chi connectivity index (χ1n) is 8.72. The van der Waals surface area contributed by atoms with E-state index in [2.05, 4.69) is 10.3 Å². The molecule has 0 aliphatic carbocycles. The second kappa shape index (κ2) is 9.20. The van der Waals surface area contributed by atoms with Crippen LogP contribution < -0.4 is 14.8 Å². The van der Waals surface area contributed by atoms with Crippen molar-refractivity contribution >= 4 is 28.3 Å². The molecule has 1 amide bonds. The third kappa shape index (κ3) is 4.91. The number of rotatable bonds is 7. The highest BCUT2D eigenvalue weighted by Crippen LogP contribution is 2.29. The first kappa shape index (κ1) is 20.3. The Morgan fingerprint density at radius 1 is 1.03 bits per heavy atom. The molecule has 0 aliphatic heterocycles. The zero-order valence-corrected chi connectivity index (χ0v) is 17.0. The molecule has 8 heteroatoms. The second-order valence-electron chi connectivity index (χ2n) is 6.07. The minimum Gasteiger partial charge on any atom is -0.496 e. The summed E-state index contributed by atoms with van der Waals surface area (Å²) >= 11 is 1.30. The maximum atomic E-state index is 12.4. The number of amides is 1. The van der Waals surface area contributed by atoms with Gasteiger partial charge in [-0.3, -0.25) is 10.1 Å². The summed E-state index contributed by atoms with van der Waals surface area (Å²) < 4.78 is 15.5. The van der Waals surface area contributed by atoms with Crippen LogP contribution in [0.5, 0.6) is 11.5 Å². The number of hydrogen-bond acceptors (Lipinski definition) is 7. The lowest BCUT2D eigenvalue weighted by atomic mass is 10.1. The minimum atomic E-state index is -0.714. The summed E-state index contributed by atoms with van der Waals surface area (Å²) in [7, 11) is 2.87. The Labute approximate surface area is 172 Å². The molecule has 1 aromatic heterocycles. The fourth-order valence-corrected chi connectivity index (χ4v) is 3.33. The predicted molar refractivity (Wildman–Crippen MR) is 111 cm³/mol. The molecule has 29 heavy (non-hydrogen) atoms. The summed E-state index contributed by atoms with van der Waals surface area (Å²) in [4.78, 5) is 29.0. The third-order valence-electron chi connectivity index (χ3n) is 4.06.